The summed E-state index contributed by atoms with van der Waals surface area (Å²) in [5.74, 6) is 0.446. The monoisotopic (exact) mass is 351 g/mol. The van der Waals surface area contributed by atoms with Crippen molar-refractivity contribution in [2.45, 2.75) is 20.0 Å². The Morgan fingerprint density at radius 1 is 1.15 bits per heavy atom. The Balaban J connectivity index is 1.70. The lowest BCUT2D eigenvalue weighted by Gasteiger charge is -2.14. The molecule has 26 heavy (non-hydrogen) atoms. The van der Waals surface area contributed by atoms with Gasteiger partial charge in [-0.2, -0.15) is 0 Å². The van der Waals surface area contributed by atoms with E-state index in [0.717, 1.165) is 23.4 Å². The smallest absolute Gasteiger partial charge is 0.191 e. The Bertz CT molecular complexity index is 858. The van der Waals surface area contributed by atoms with Gasteiger partial charge in [-0.1, -0.05) is 30.3 Å². The molecule has 0 unspecified atom stereocenters. The molecule has 134 valence electrons. The lowest BCUT2D eigenvalue weighted by Crippen LogP contribution is -2.37. The van der Waals surface area contributed by atoms with Crippen molar-refractivity contribution >= 4 is 5.96 Å². The van der Waals surface area contributed by atoms with E-state index >= 15 is 0 Å². The van der Waals surface area contributed by atoms with E-state index in [-0.39, 0.29) is 5.82 Å². The van der Waals surface area contributed by atoms with Crippen LogP contribution in [0.5, 0.6) is 0 Å². The minimum Gasteiger partial charge on any atom is -0.357 e. The molecular formula is C20H22FN5. The zero-order chi connectivity index (χ0) is 18.2. The van der Waals surface area contributed by atoms with Crippen LogP contribution in [0.15, 0.2) is 72.2 Å². The summed E-state index contributed by atoms with van der Waals surface area (Å²) in [5.41, 5.74) is 3.03. The quantitative estimate of drug-likeness (QED) is 0.529. The van der Waals surface area contributed by atoms with E-state index in [4.69, 9.17) is 0 Å². The second-order valence-corrected chi connectivity index (χ2v) is 5.78. The number of aromatic nitrogens is 2. The van der Waals surface area contributed by atoms with Crippen molar-refractivity contribution in [2.24, 2.45) is 4.99 Å². The summed E-state index contributed by atoms with van der Waals surface area (Å²) in [6.45, 7) is 3.79. The van der Waals surface area contributed by atoms with Crippen LogP contribution in [0.3, 0.4) is 0 Å². The van der Waals surface area contributed by atoms with Gasteiger partial charge >= 0.3 is 0 Å². The molecule has 2 N–H and O–H groups in total. The van der Waals surface area contributed by atoms with Gasteiger partial charge in [-0.05, 0) is 36.2 Å². The normalized spacial score (nSPS) is 11.4. The number of rotatable bonds is 6. The van der Waals surface area contributed by atoms with Gasteiger partial charge in [0, 0.05) is 25.5 Å². The van der Waals surface area contributed by atoms with Gasteiger partial charge in [0.05, 0.1) is 18.6 Å². The van der Waals surface area contributed by atoms with Crippen LogP contribution in [-0.2, 0) is 13.1 Å². The van der Waals surface area contributed by atoms with Crippen molar-refractivity contribution in [1.82, 2.24) is 20.2 Å². The number of para-hydroxylation sites is 1. The van der Waals surface area contributed by atoms with Crippen molar-refractivity contribution < 1.29 is 4.39 Å². The highest BCUT2D eigenvalue weighted by Gasteiger charge is 2.05. The van der Waals surface area contributed by atoms with Crippen LogP contribution >= 0.6 is 0 Å². The average molecular weight is 351 g/mol. The van der Waals surface area contributed by atoms with Crippen molar-refractivity contribution in [3.8, 4) is 5.69 Å². The van der Waals surface area contributed by atoms with E-state index in [1.807, 2.05) is 35.9 Å². The average Bonchev–Trinajstić information content (AvgIpc) is 3.19. The molecule has 3 rings (SSSR count). The third kappa shape index (κ3) is 4.69. The molecule has 2 aromatic carbocycles. The standard InChI is InChI=1S/C20H22FN5/c1-2-23-20(24-13-16-6-5-8-18(21)12-16)25-14-17-7-3-4-9-19(17)26-11-10-22-15-26/h3-12,15H,2,13-14H2,1H3,(H2,23,24,25). The van der Waals surface area contributed by atoms with Crippen LogP contribution in [0.2, 0.25) is 0 Å². The Morgan fingerprint density at radius 2 is 2.04 bits per heavy atom. The number of imidazole rings is 1. The molecule has 0 amide bonds. The first-order valence-corrected chi connectivity index (χ1v) is 8.59. The van der Waals surface area contributed by atoms with E-state index in [1.54, 1.807) is 18.6 Å². The van der Waals surface area contributed by atoms with Gasteiger partial charge < -0.3 is 15.2 Å². The van der Waals surface area contributed by atoms with Gasteiger partial charge in [-0.15, -0.1) is 0 Å². The fourth-order valence-electron chi connectivity index (χ4n) is 2.64. The second kappa shape index (κ2) is 8.80. The molecule has 0 spiro atoms. The largest absolute Gasteiger partial charge is 0.357 e. The molecule has 0 aliphatic rings. The summed E-state index contributed by atoms with van der Waals surface area (Å²) >= 11 is 0. The molecule has 0 saturated heterocycles. The Hall–Kier alpha value is -3.15. The second-order valence-electron chi connectivity index (χ2n) is 5.78. The van der Waals surface area contributed by atoms with E-state index in [2.05, 4.69) is 32.7 Å². The summed E-state index contributed by atoms with van der Waals surface area (Å²) in [6, 6.07) is 14.6. The zero-order valence-corrected chi connectivity index (χ0v) is 14.7. The third-order valence-electron chi connectivity index (χ3n) is 3.87. The van der Waals surface area contributed by atoms with Crippen LogP contribution in [0.25, 0.3) is 5.69 Å². The molecule has 0 saturated carbocycles. The molecule has 0 atom stereocenters. The number of guanidine groups is 1. The highest BCUT2D eigenvalue weighted by Crippen LogP contribution is 2.13. The predicted octanol–water partition coefficient (Wildman–Crippen LogP) is 3.27. The zero-order valence-electron chi connectivity index (χ0n) is 14.7. The van der Waals surface area contributed by atoms with Crippen molar-refractivity contribution in [3.63, 3.8) is 0 Å². The highest BCUT2D eigenvalue weighted by atomic mass is 19.1. The van der Waals surface area contributed by atoms with Gasteiger partial charge in [0.1, 0.15) is 5.82 Å². The minimum atomic E-state index is -0.245. The van der Waals surface area contributed by atoms with Crippen LogP contribution in [0.1, 0.15) is 18.1 Å². The highest BCUT2D eigenvalue weighted by molar-refractivity contribution is 5.79. The first kappa shape index (κ1) is 17.7. The number of halogens is 1. The fourth-order valence-corrected chi connectivity index (χ4v) is 2.64. The van der Waals surface area contributed by atoms with Crippen LogP contribution in [-0.4, -0.2) is 22.1 Å². The summed E-state index contributed by atoms with van der Waals surface area (Å²) in [5, 5.41) is 6.55. The number of aliphatic imine (C=N–C) groups is 1. The van der Waals surface area contributed by atoms with Crippen LogP contribution < -0.4 is 10.6 Å². The van der Waals surface area contributed by atoms with Crippen LogP contribution in [0, 0.1) is 5.82 Å². The maximum absolute atomic E-state index is 13.3. The molecule has 3 aromatic rings. The lowest BCUT2D eigenvalue weighted by molar-refractivity contribution is 0.625. The van der Waals surface area contributed by atoms with Gasteiger partial charge in [0.15, 0.2) is 5.96 Å². The molecular weight excluding hydrogens is 329 g/mol. The van der Waals surface area contributed by atoms with Crippen molar-refractivity contribution in [1.29, 1.82) is 0 Å². The number of hydrogen-bond acceptors (Lipinski definition) is 2. The molecule has 0 radical (unpaired) electrons. The topological polar surface area (TPSA) is 54.2 Å². The van der Waals surface area contributed by atoms with Crippen molar-refractivity contribution in [2.75, 3.05) is 6.54 Å². The Labute approximate surface area is 152 Å². The molecule has 6 heteroatoms. The van der Waals surface area contributed by atoms with Gasteiger partial charge in [-0.3, -0.25) is 0 Å². The first-order chi connectivity index (χ1) is 12.8. The number of nitrogens with one attached hydrogen (secondary N) is 2. The van der Waals surface area contributed by atoms with Crippen molar-refractivity contribution in [3.05, 3.63) is 84.2 Å². The molecule has 0 aliphatic carbocycles. The minimum absolute atomic E-state index is 0.245. The fraction of sp³-hybridized carbons (Fsp3) is 0.200. The van der Waals surface area contributed by atoms with Gasteiger partial charge in [0.2, 0.25) is 0 Å². The molecule has 5 nitrogen and oxygen atoms in total. The summed E-state index contributed by atoms with van der Waals surface area (Å²) in [7, 11) is 0. The number of benzene rings is 2. The third-order valence-corrected chi connectivity index (χ3v) is 3.87. The number of hydrogen-bond donors (Lipinski definition) is 2. The van der Waals surface area contributed by atoms with E-state index in [1.165, 1.54) is 12.1 Å². The molecule has 1 aromatic heterocycles. The first-order valence-electron chi connectivity index (χ1n) is 8.59. The Kier molecular flexibility index (Phi) is 5.98. The maximum Gasteiger partial charge on any atom is 0.191 e. The Morgan fingerprint density at radius 3 is 2.81 bits per heavy atom. The molecule has 0 bridgehead atoms. The summed E-state index contributed by atoms with van der Waals surface area (Å²) < 4.78 is 15.3. The van der Waals surface area contributed by atoms with E-state index in [9.17, 15) is 4.39 Å². The summed E-state index contributed by atoms with van der Waals surface area (Å²) in [4.78, 5) is 8.65. The van der Waals surface area contributed by atoms with Crippen LogP contribution in [0.4, 0.5) is 4.39 Å². The predicted molar refractivity (Wildman–Crippen MR) is 102 cm³/mol. The van der Waals surface area contributed by atoms with E-state index in [0.29, 0.717) is 19.0 Å². The lowest BCUT2D eigenvalue weighted by atomic mass is 10.1. The number of nitrogens with zero attached hydrogens (tertiary/aromatic N) is 3. The molecule has 0 fully saturated rings. The van der Waals surface area contributed by atoms with Gasteiger partial charge in [0.25, 0.3) is 0 Å². The SMILES string of the molecule is CCNC(=NCc1cccc(F)c1)NCc1ccccc1-n1ccnc1. The van der Waals surface area contributed by atoms with E-state index < -0.39 is 0 Å². The molecule has 0 aliphatic heterocycles. The maximum atomic E-state index is 13.3. The summed E-state index contributed by atoms with van der Waals surface area (Å²) in [6.07, 6.45) is 5.46. The molecule has 1 heterocycles. The van der Waals surface area contributed by atoms with Gasteiger partial charge in [-0.25, -0.2) is 14.4 Å².